The van der Waals surface area contributed by atoms with Crippen molar-refractivity contribution in [1.82, 2.24) is 9.78 Å². The zero-order valence-corrected chi connectivity index (χ0v) is 14.1. The Morgan fingerprint density at radius 2 is 1.86 bits per heavy atom. The first-order valence-corrected chi connectivity index (χ1v) is 7.41. The van der Waals surface area contributed by atoms with Crippen molar-refractivity contribution >= 4 is 15.9 Å². The molecule has 0 amide bonds. The van der Waals surface area contributed by atoms with Crippen LogP contribution in [0.2, 0.25) is 0 Å². The Bertz CT molecular complexity index is 625. The summed E-state index contributed by atoms with van der Waals surface area (Å²) < 4.78 is 13.3. The highest BCUT2D eigenvalue weighted by Crippen LogP contribution is 2.36. The molecule has 0 aliphatic heterocycles. The van der Waals surface area contributed by atoms with Crippen LogP contribution >= 0.6 is 15.9 Å². The van der Waals surface area contributed by atoms with E-state index in [-0.39, 0.29) is 6.04 Å². The number of aliphatic hydroxyl groups excluding tert-OH is 1. The average Bonchev–Trinajstić information content (AvgIpc) is 2.90. The van der Waals surface area contributed by atoms with Gasteiger partial charge in [0.2, 0.25) is 0 Å². The first kappa shape index (κ1) is 15.9. The number of aliphatic hydroxyl groups is 1. The van der Waals surface area contributed by atoms with Crippen LogP contribution in [0.5, 0.6) is 11.5 Å². The van der Waals surface area contributed by atoms with Gasteiger partial charge in [0.25, 0.3) is 0 Å². The van der Waals surface area contributed by atoms with Crippen molar-refractivity contribution in [3.8, 4) is 11.5 Å². The monoisotopic (exact) mass is 354 g/mol. The number of hydrogen-bond acceptors (Lipinski definition) is 4. The molecular formula is C15H19BrN2O3. The summed E-state index contributed by atoms with van der Waals surface area (Å²) in [6, 6.07) is 5.62. The summed E-state index contributed by atoms with van der Waals surface area (Å²) in [5.74, 6) is 1.16. The van der Waals surface area contributed by atoms with E-state index in [0.717, 1.165) is 4.47 Å². The van der Waals surface area contributed by atoms with Gasteiger partial charge in [0.15, 0.2) is 5.75 Å². The third-order valence-corrected chi connectivity index (χ3v) is 3.75. The van der Waals surface area contributed by atoms with E-state index < -0.39 is 6.10 Å². The average molecular weight is 355 g/mol. The Kier molecular flexibility index (Phi) is 4.90. The van der Waals surface area contributed by atoms with Crippen molar-refractivity contribution in [2.75, 3.05) is 14.2 Å². The van der Waals surface area contributed by atoms with Crippen LogP contribution in [0.4, 0.5) is 0 Å². The van der Waals surface area contributed by atoms with Gasteiger partial charge in [0.1, 0.15) is 17.5 Å². The van der Waals surface area contributed by atoms with E-state index in [4.69, 9.17) is 9.47 Å². The fourth-order valence-electron chi connectivity index (χ4n) is 2.24. The van der Waals surface area contributed by atoms with Crippen LogP contribution in [-0.2, 0) is 0 Å². The van der Waals surface area contributed by atoms with E-state index in [1.165, 1.54) is 0 Å². The maximum atomic E-state index is 10.8. The third-order valence-electron chi connectivity index (χ3n) is 3.26. The Morgan fingerprint density at radius 3 is 2.43 bits per heavy atom. The molecule has 1 unspecified atom stereocenters. The van der Waals surface area contributed by atoms with Crippen LogP contribution in [0.3, 0.4) is 0 Å². The van der Waals surface area contributed by atoms with E-state index >= 15 is 0 Å². The highest BCUT2D eigenvalue weighted by atomic mass is 79.9. The van der Waals surface area contributed by atoms with Gasteiger partial charge in [-0.05, 0) is 26.0 Å². The second-order valence-electron chi connectivity index (χ2n) is 4.93. The lowest BCUT2D eigenvalue weighted by Gasteiger charge is -2.19. The zero-order valence-electron chi connectivity index (χ0n) is 12.5. The first-order chi connectivity index (χ1) is 9.99. The van der Waals surface area contributed by atoms with Gasteiger partial charge in [0.05, 0.1) is 20.4 Å². The Balaban J connectivity index is 2.54. The van der Waals surface area contributed by atoms with Crippen molar-refractivity contribution < 1.29 is 14.6 Å². The van der Waals surface area contributed by atoms with Gasteiger partial charge >= 0.3 is 0 Å². The van der Waals surface area contributed by atoms with Crippen molar-refractivity contribution in [3.63, 3.8) is 0 Å². The van der Waals surface area contributed by atoms with Gasteiger partial charge in [-0.3, -0.25) is 4.68 Å². The minimum atomic E-state index is -0.882. The molecule has 1 N–H and O–H groups in total. The number of methoxy groups -OCH3 is 2. The molecule has 0 saturated heterocycles. The highest BCUT2D eigenvalue weighted by Gasteiger charge is 2.25. The summed E-state index contributed by atoms with van der Waals surface area (Å²) in [7, 11) is 3.14. The molecule has 0 saturated carbocycles. The second kappa shape index (κ2) is 6.49. The number of aromatic nitrogens is 2. The topological polar surface area (TPSA) is 56.5 Å². The van der Waals surface area contributed by atoms with Gasteiger partial charge < -0.3 is 14.6 Å². The van der Waals surface area contributed by atoms with E-state index in [1.807, 2.05) is 32.0 Å². The molecule has 2 aromatic rings. The minimum Gasteiger partial charge on any atom is -0.496 e. The standard InChI is InChI=1S/C15H19BrN2O3/c1-9(2)18-14(13(21-4)8-17-18)15(19)11-6-5-10(16)7-12(11)20-3/h5-9,15,19H,1-4H3. The van der Waals surface area contributed by atoms with E-state index in [0.29, 0.717) is 22.8 Å². The molecule has 2 rings (SSSR count). The second-order valence-corrected chi connectivity index (χ2v) is 5.84. The lowest BCUT2D eigenvalue weighted by atomic mass is 10.0. The van der Waals surface area contributed by atoms with Crippen LogP contribution in [0.15, 0.2) is 28.9 Å². The summed E-state index contributed by atoms with van der Waals surface area (Å²) in [5, 5.41) is 15.1. The molecule has 114 valence electrons. The van der Waals surface area contributed by atoms with Crippen LogP contribution in [-0.4, -0.2) is 29.1 Å². The number of rotatable bonds is 5. The van der Waals surface area contributed by atoms with E-state index in [1.54, 1.807) is 25.1 Å². The van der Waals surface area contributed by atoms with Gasteiger partial charge in [-0.2, -0.15) is 5.10 Å². The summed E-state index contributed by atoms with van der Waals surface area (Å²) in [6.45, 7) is 4.00. The van der Waals surface area contributed by atoms with Crippen LogP contribution in [0, 0.1) is 0 Å². The first-order valence-electron chi connectivity index (χ1n) is 6.62. The molecule has 1 aromatic carbocycles. The third kappa shape index (κ3) is 3.06. The number of ether oxygens (including phenoxy) is 2. The molecule has 0 radical (unpaired) electrons. The number of hydrogen-bond donors (Lipinski definition) is 1. The largest absolute Gasteiger partial charge is 0.496 e. The van der Waals surface area contributed by atoms with Crippen LogP contribution in [0.25, 0.3) is 0 Å². The van der Waals surface area contributed by atoms with Gasteiger partial charge in [-0.15, -0.1) is 0 Å². The fourth-order valence-corrected chi connectivity index (χ4v) is 2.58. The highest BCUT2D eigenvalue weighted by molar-refractivity contribution is 9.10. The molecule has 21 heavy (non-hydrogen) atoms. The number of nitrogens with zero attached hydrogens (tertiary/aromatic N) is 2. The Labute approximate surface area is 132 Å². The van der Waals surface area contributed by atoms with Crippen molar-refractivity contribution in [2.45, 2.75) is 26.0 Å². The van der Waals surface area contributed by atoms with Gasteiger partial charge in [-0.25, -0.2) is 0 Å². The smallest absolute Gasteiger partial charge is 0.163 e. The van der Waals surface area contributed by atoms with Crippen LogP contribution < -0.4 is 9.47 Å². The maximum Gasteiger partial charge on any atom is 0.163 e. The van der Waals surface area contributed by atoms with E-state index in [2.05, 4.69) is 21.0 Å². The maximum absolute atomic E-state index is 10.8. The van der Waals surface area contributed by atoms with Crippen molar-refractivity contribution in [3.05, 3.63) is 40.1 Å². The number of benzene rings is 1. The SMILES string of the molecule is COc1cc(Br)ccc1C(O)c1c(OC)cnn1C(C)C. The lowest BCUT2D eigenvalue weighted by Crippen LogP contribution is -2.13. The Hall–Kier alpha value is -1.53. The molecule has 0 fully saturated rings. The van der Waals surface area contributed by atoms with E-state index in [9.17, 15) is 5.11 Å². The van der Waals surface area contributed by atoms with Crippen molar-refractivity contribution in [2.24, 2.45) is 0 Å². The normalized spacial score (nSPS) is 12.5. The number of halogens is 1. The molecular weight excluding hydrogens is 336 g/mol. The minimum absolute atomic E-state index is 0.111. The fraction of sp³-hybridized carbons (Fsp3) is 0.400. The molecule has 6 heteroatoms. The van der Waals surface area contributed by atoms with Crippen LogP contribution in [0.1, 0.15) is 37.3 Å². The quantitative estimate of drug-likeness (QED) is 0.894. The summed E-state index contributed by atoms with van der Waals surface area (Å²) in [5.41, 5.74) is 1.29. The summed E-state index contributed by atoms with van der Waals surface area (Å²) in [6.07, 6.45) is 0.733. The molecule has 0 bridgehead atoms. The van der Waals surface area contributed by atoms with Gasteiger partial charge in [0, 0.05) is 16.1 Å². The molecule has 1 atom stereocenters. The summed E-state index contributed by atoms with van der Waals surface area (Å²) in [4.78, 5) is 0. The molecule has 0 spiro atoms. The molecule has 1 heterocycles. The van der Waals surface area contributed by atoms with Gasteiger partial charge in [-0.1, -0.05) is 22.0 Å². The molecule has 0 aliphatic carbocycles. The lowest BCUT2D eigenvalue weighted by molar-refractivity contribution is 0.195. The predicted octanol–water partition coefficient (Wildman–Crippen LogP) is 3.33. The Morgan fingerprint density at radius 1 is 1.19 bits per heavy atom. The van der Waals surface area contributed by atoms with Crippen molar-refractivity contribution in [1.29, 1.82) is 0 Å². The molecule has 1 aromatic heterocycles. The molecule has 0 aliphatic rings. The zero-order chi connectivity index (χ0) is 15.6. The molecule has 5 nitrogen and oxygen atoms in total. The summed E-state index contributed by atoms with van der Waals surface area (Å²) >= 11 is 3.40. The predicted molar refractivity (Wildman–Crippen MR) is 83.9 cm³/mol.